The fourth-order valence-corrected chi connectivity index (χ4v) is 8.87. The molecule has 250 valence electrons. The quantitative estimate of drug-likeness (QED) is 0.173. The first kappa shape index (κ1) is 29.4. The Labute approximate surface area is 310 Å². The number of benzene rings is 10. The molecule has 10 aromatic carbocycles. The predicted octanol–water partition coefficient (Wildman–Crippen LogP) is 15.1. The van der Waals surface area contributed by atoms with E-state index < -0.39 is 0 Å². The molecule has 0 aliphatic heterocycles. The molecule has 0 saturated carbocycles. The van der Waals surface area contributed by atoms with Gasteiger partial charge in [0.2, 0.25) is 0 Å². The molecule has 2 heteroatoms. The van der Waals surface area contributed by atoms with Crippen molar-refractivity contribution >= 4 is 87.0 Å². The summed E-state index contributed by atoms with van der Waals surface area (Å²) in [5.41, 5.74) is 10.8. The van der Waals surface area contributed by atoms with E-state index in [9.17, 15) is 0 Å². The number of furan rings is 2. The van der Waals surface area contributed by atoms with Crippen molar-refractivity contribution in [1.82, 2.24) is 0 Å². The van der Waals surface area contributed by atoms with Gasteiger partial charge in [-0.25, -0.2) is 0 Å². The number of rotatable bonds is 3. The minimum absolute atomic E-state index is 0.802. The van der Waals surface area contributed by atoms with E-state index in [0.717, 1.165) is 49.3 Å². The monoisotopic (exact) mass is 686 g/mol. The smallest absolute Gasteiger partial charge is 0.178 e. The van der Waals surface area contributed by atoms with Crippen LogP contribution in [-0.2, 0) is 0 Å². The second kappa shape index (κ2) is 11.2. The van der Waals surface area contributed by atoms with Crippen LogP contribution in [0.25, 0.3) is 120 Å². The molecule has 2 nitrogen and oxygen atoms in total. The van der Waals surface area contributed by atoms with E-state index in [4.69, 9.17) is 8.83 Å². The first-order valence-corrected chi connectivity index (χ1v) is 18.5. The largest absolute Gasteiger partial charge is 0.452 e. The molecule has 0 spiro atoms. The van der Waals surface area contributed by atoms with Crippen molar-refractivity contribution in [2.75, 3.05) is 0 Å². The molecule has 0 bridgehead atoms. The van der Waals surface area contributed by atoms with Gasteiger partial charge in [-0.3, -0.25) is 0 Å². The summed E-state index contributed by atoms with van der Waals surface area (Å²) in [4.78, 5) is 0. The summed E-state index contributed by atoms with van der Waals surface area (Å²) < 4.78 is 12.8. The summed E-state index contributed by atoms with van der Waals surface area (Å²) in [6.07, 6.45) is 0. The van der Waals surface area contributed by atoms with E-state index in [-0.39, 0.29) is 0 Å². The SMILES string of the molecule is c1ccc(-c2c3ccccc3c(-c3ccc4cc(-c5ccc6cc7oc8c(ccc9c%10ccccc%10oc98)c7cc6c5)ccc4c3)c3ccccc23)cc1. The molecule has 0 aliphatic rings. The molecule has 0 N–H and O–H groups in total. The number of hydrogen-bond acceptors (Lipinski definition) is 2. The van der Waals surface area contributed by atoms with Crippen LogP contribution in [0.3, 0.4) is 0 Å². The van der Waals surface area contributed by atoms with E-state index in [2.05, 4.69) is 164 Å². The van der Waals surface area contributed by atoms with Gasteiger partial charge in [0.1, 0.15) is 11.2 Å². The third-order valence-corrected chi connectivity index (χ3v) is 11.4. The van der Waals surface area contributed by atoms with Gasteiger partial charge in [0.05, 0.1) is 0 Å². The van der Waals surface area contributed by atoms with E-state index in [1.165, 1.54) is 71.1 Å². The van der Waals surface area contributed by atoms with Crippen molar-refractivity contribution in [3.05, 3.63) is 182 Å². The molecule has 12 rings (SSSR count). The van der Waals surface area contributed by atoms with Crippen molar-refractivity contribution in [2.24, 2.45) is 0 Å². The molecule has 0 fully saturated rings. The topological polar surface area (TPSA) is 26.3 Å². The summed E-state index contributed by atoms with van der Waals surface area (Å²) in [5, 5.41) is 14.2. The van der Waals surface area contributed by atoms with Crippen molar-refractivity contribution in [2.45, 2.75) is 0 Å². The highest BCUT2D eigenvalue weighted by Gasteiger charge is 2.18. The standard InChI is InChI=1S/C52H30O2/c1-2-10-31(11-3-1)49-40-13-4-6-15-42(40)50(43-16-7-5-14-41(43)49)37-23-22-33-26-32(18-19-34(33)27-37)35-20-21-36-30-48-46(29-38(36)28-35)45-25-24-44-39-12-8-9-17-47(39)53-51(44)52(45)54-48/h1-30H. The zero-order valence-electron chi connectivity index (χ0n) is 29.1. The van der Waals surface area contributed by atoms with Crippen molar-refractivity contribution in [1.29, 1.82) is 0 Å². The molecule has 12 aromatic rings. The van der Waals surface area contributed by atoms with Gasteiger partial charge >= 0.3 is 0 Å². The van der Waals surface area contributed by atoms with Crippen molar-refractivity contribution in [3.63, 3.8) is 0 Å². The molecule has 2 aromatic heterocycles. The molecule has 54 heavy (non-hydrogen) atoms. The third kappa shape index (κ3) is 4.28. The van der Waals surface area contributed by atoms with Crippen LogP contribution in [0.4, 0.5) is 0 Å². The lowest BCUT2D eigenvalue weighted by Gasteiger charge is -2.18. The second-order valence-electron chi connectivity index (χ2n) is 14.4. The second-order valence-corrected chi connectivity index (χ2v) is 14.4. The summed E-state index contributed by atoms with van der Waals surface area (Å²) >= 11 is 0. The fourth-order valence-electron chi connectivity index (χ4n) is 8.87. The lowest BCUT2D eigenvalue weighted by molar-refractivity contribution is 0.633. The van der Waals surface area contributed by atoms with Gasteiger partial charge in [-0.15, -0.1) is 0 Å². The number of hydrogen-bond donors (Lipinski definition) is 0. The molecule has 0 aliphatic carbocycles. The maximum absolute atomic E-state index is 6.49. The van der Waals surface area contributed by atoms with Gasteiger partial charge in [0, 0.05) is 21.5 Å². The molecular formula is C52H30O2. The Kier molecular flexibility index (Phi) is 6.09. The highest BCUT2D eigenvalue weighted by Crippen LogP contribution is 2.45. The van der Waals surface area contributed by atoms with Gasteiger partial charge < -0.3 is 8.83 Å². The Morgan fingerprint density at radius 2 is 0.704 bits per heavy atom. The minimum Gasteiger partial charge on any atom is -0.452 e. The maximum Gasteiger partial charge on any atom is 0.178 e. The van der Waals surface area contributed by atoms with Gasteiger partial charge in [0.15, 0.2) is 11.2 Å². The molecule has 0 radical (unpaired) electrons. The van der Waals surface area contributed by atoms with Crippen molar-refractivity contribution in [3.8, 4) is 33.4 Å². The highest BCUT2D eigenvalue weighted by molar-refractivity contribution is 6.22. The van der Waals surface area contributed by atoms with Gasteiger partial charge in [-0.2, -0.15) is 0 Å². The van der Waals surface area contributed by atoms with E-state index >= 15 is 0 Å². The maximum atomic E-state index is 6.49. The van der Waals surface area contributed by atoms with Crippen LogP contribution in [0.15, 0.2) is 191 Å². The highest BCUT2D eigenvalue weighted by atomic mass is 16.4. The molecular weight excluding hydrogens is 657 g/mol. The van der Waals surface area contributed by atoms with Crippen LogP contribution in [0.5, 0.6) is 0 Å². The summed E-state index contributed by atoms with van der Waals surface area (Å²) in [6, 6.07) is 65.9. The Bertz CT molecular complexity index is 3430. The Morgan fingerprint density at radius 3 is 1.35 bits per heavy atom. The Morgan fingerprint density at radius 1 is 0.241 bits per heavy atom. The summed E-state index contributed by atoms with van der Waals surface area (Å²) in [5.74, 6) is 0. The van der Waals surface area contributed by atoms with Crippen LogP contribution in [0.2, 0.25) is 0 Å². The fraction of sp³-hybridized carbons (Fsp3) is 0. The van der Waals surface area contributed by atoms with Crippen LogP contribution >= 0.6 is 0 Å². The van der Waals surface area contributed by atoms with Gasteiger partial charge in [-0.05, 0) is 125 Å². The molecule has 0 amide bonds. The normalized spacial score (nSPS) is 12.1. The molecule has 0 unspecified atom stereocenters. The van der Waals surface area contributed by atoms with Gasteiger partial charge in [-0.1, -0.05) is 133 Å². The summed E-state index contributed by atoms with van der Waals surface area (Å²) in [7, 11) is 0. The van der Waals surface area contributed by atoms with E-state index in [1.54, 1.807) is 0 Å². The third-order valence-electron chi connectivity index (χ3n) is 11.4. The van der Waals surface area contributed by atoms with E-state index in [0.29, 0.717) is 0 Å². The zero-order chi connectivity index (χ0) is 35.3. The van der Waals surface area contributed by atoms with E-state index in [1.807, 2.05) is 18.2 Å². The first-order chi connectivity index (χ1) is 26.7. The number of para-hydroxylation sites is 1. The zero-order valence-corrected chi connectivity index (χ0v) is 29.1. The Balaban J connectivity index is 0.969. The average Bonchev–Trinajstić information content (AvgIpc) is 3.80. The molecule has 2 heterocycles. The minimum atomic E-state index is 0.802. The lowest BCUT2D eigenvalue weighted by atomic mass is 9.85. The van der Waals surface area contributed by atoms with Crippen LogP contribution in [-0.4, -0.2) is 0 Å². The predicted molar refractivity (Wildman–Crippen MR) is 227 cm³/mol. The first-order valence-electron chi connectivity index (χ1n) is 18.5. The average molecular weight is 687 g/mol. The van der Waals surface area contributed by atoms with Crippen molar-refractivity contribution < 1.29 is 8.83 Å². The van der Waals surface area contributed by atoms with Gasteiger partial charge in [0.25, 0.3) is 0 Å². The lowest BCUT2D eigenvalue weighted by Crippen LogP contribution is -1.90. The summed E-state index contributed by atoms with van der Waals surface area (Å²) in [6.45, 7) is 0. The Hall–Kier alpha value is -7.16. The van der Waals surface area contributed by atoms with Crippen LogP contribution in [0.1, 0.15) is 0 Å². The van der Waals surface area contributed by atoms with Crippen LogP contribution < -0.4 is 0 Å². The molecule has 0 saturated heterocycles. The van der Waals surface area contributed by atoms with Crippen LogP contribution in [0, 0.1) is 0 Å². The molecule has 0 atom stereocenters. The number of fused-ring (bicyclic) bond motifs is 11.